The SMILES string of the molecule is Cc1cn([C@H]2C[C@H](OP(=O)(O)O)[C@@H](COC(c3ccccc3)(c3ccccc3)c3ccccc3)O2)c(=O)[nH]c1=O. The minimum Gasteiger partial charge on any atom is -0.358 e. The van der Waals surface area contributed by atoms with Gasteiger partial charge in [-0.25, -0.2) is 9.36 Å². The predicted molar refractivity (Wildman–Crippen MR) is 147 cm³/mol. The molecule has 1 saturated heterocycles. The first-order valence-corrected chi connectivity index (χ1v) is 14.2. The number of aromatic amines is 1. The normalized spacial score (nSPS) is 19.5. The molecular formula is C29H29N2O8P. The molecule has 1 aliphatic heterocycles. The first kappa shape index (κ1) is 27.9. The minimum absolute atomic E-state index is 0.0560. The van der Waals surface area contributed by atoms with Gasteiger partial charge in [0, 0.05) is 18.2 Å². The van der Waals surface area contributed by atoms with Crippen molar-refractivity contribution in [3.8, 4) is 0 Å². The summed E-state index contributed by atoms with van der Waals surface area (Å²) in [5.41, 5.74) is 0.450. The average molecular weight is 565 g/mol. The molecule has 10 nitrogen and oxygen atoms in total. The van der Waals surface area contributed by atoms with Gasteiger partial charge in [0.25, 0.3) is 5.56 Å². The molecule has 0 spiro atoms. The maximum absolute atomic E-state index is 12.6. The summed E-state index contributed by atoms with van der Waals surface area (Å²) >= 11 is 0. The fraction of sp³-hybridized carbons (Fsp3) is 0.241. The van der Waals surface area contributed by atoms with Crippen molar-refractivity contribution in [3.63, 3.8) is 0 Å². The van der Waals surface area contributed by atoms with Gasteiger partial charge in [-0.2, -0.15) is 0 Å². The number of rotatable bonds is 9. The number of ether oxygens (including phenoxy) is 2. The molecular weight excluding hydrogens is 535 g/mol. The molecule has 11 heteroatoms. The van der Waals surface area contributed by atoms with Gasteiger partial charge in [-0.05, 0) is 23.6 Å². The largest absolute Gasteiger partial charge is 0.469 e. The highest BCUT2D eigenvalue weighted by molar-refractivity contribution is 7.46. The highest BCUT2D eigenvalue weighted by Gasteiger charge is 2.44. The van der Waals surface area contributed by atoms with Crippen LogP contribution in [0.5, 0.6) is 0 Å². The van der Waals surface area contributed by atoms with Gasteiger partial charge >= 0.3 is 13.5 Å². The number of aromatic nitrogens is 2. The van der Waals surface area contributed by atoms with Gasteiger partial charge in [-0.3, -0.25) is 18.9 Å². The van der Waals surface area contributed by atoms with Crippen LogP contribution >= 0.6 is 7.82 Å². The zero-order chi connectivity index (χ0) is 28.3. The number of hydrogen-bond acceptors (Lipinski definition) is 6. The summed E-state index contributed by atoms with van der Waals surface area (Å²) in [7, 11) is -4.92. The van der Waals surface area contributed by atoms with E-state index in [0.717, 1.165) is 16.7 Å². The number of phosphoric ester groups is 1. The zero-order valence-corrected chi connectivity index (χ0v) is 22.5. The van der Waals surface area contributed by atoms with Crippen molar-refractivity contribution in [2.45, 2.75) is 37.4 Å². The Morgan fingerprint density at radius 1 is 0.925 bits per heavy atom. The summed E-state index contributed by atoms with van der Waals surface area (Å²) < 4.78 is 31.1. The van der Waals surface area contributed by atoms with E-state index >= 15 is 0 Å². The van der Waals surface area contributed by atoms with Crippen molar-refractivity contribution < 1.29 is 28.3 Å². The molecule has 1 aromatic heterocycles. The molecule has 1 fully saturated rings. The topological polar surface area (TPSA) is 140 Å². The summed E-state index contributed by atoms with van der Waals surface area (Å²) in [5, 5.41) is 0. The van der Waals surface area contributed by atoms with E-state index in [2.05, 4.69) is 4.98 Å². The summed E-state index contributed by atoms with van der Waals surface area (Å²) in [4.78, 5) is 45.9. The second-order valence-electron chi connectivity index (χ2n) is 9.57. The molecule has 208 valence electrons. The summed E-state index contributed by atoms with van der Waals surface area (Å²) in [5.74, 6) is 0. The van der Waals surface area contributed by atoms with Crippen molar-refractivity contribution >= 4 is 7.82 Å². The van der Waals surface area contributed by atoms with E-state index < -0.39 is 43.1 Å². The Morgan fingerprint density at radius 3 is 1.90 bits per heavy atom. The fourth-order valence-electron chi connectivity index (χ4n) is 5.08. The molecule has 2 heterocycles. The monoisotopic (exact) mass is 564 g/mol. The van der Waals surface area contributed by atoms with E-state index in [1.165, 1.54) is 10.8 Å². The molecule has 0 aliphatic carbocycles. The van der Waals surface area contributed by atoms with Crippen LogP contribution in [0.25, 0.3) is 0 Å². The quantitative estimate of drug-likeness (QED) is 0.207. The first-order valence-electron chi connectivity index (χ1n) is 12.7. The Balaban J connectivity index is 1.55. The van der Waals surface area contributed by atoms with Crippen molar-refractivity contribution in [2.24, 2.45) is 0 Å². The van der Waals surface area contributed by atoms with Crippen LogP contribution in [0.3, 0.4) is 0 Å². The molecule has 40 heavy (non-hydrogen) atoms. The van der Waals surface area contributed by atoms with Gasteiger partial charge in [0.2, 0.25) is 0 Å². The second-order valence-corrected chi connectivity index (χ2v) is 10.8. The number of phosphoric acid groups is 1. The molecule has 0 saturated carbocycles. The summed E-state index contributed by atoms with van der Waals surface area (Å²) in [6.07, 6.45) is -1.73. The smallest absolute Gasteiger partial charge is 0.358 e. The molecule has 0 radical (unpaired) electrons. The third-order valence-electron chi connectivity index (χ3n) is 6.91. The first-order chi connectivity index (χ1) is 19.2. The highest BCUT2D eigenvalue weighted by Crippen LogP contribution is 2.45. The van der Waals surface area contributed by atoms with E-state index in [4.69, 9.17) is 14.0 Å². The van der Waals surface area contributed by atoms with Crippen molar-refractivity contribution in [3.05, 3.63) is 140 Å². The lowest BCUT2D eigenvalue weighted by atomic mass is 9.80. The van der Waals surface area contributed by atoms with Crippen LogP contribution in [0.1, 0.15) is 34.9 Å². The molecule has 3 atom stereocenters. The molecule has 5 rings (SSSR count). The number of H-pyrrole nitrogens is 1. The summed E-state index contributed by atoms with van der Waals surface area (Å²) in [6, 6.07) is 28.9. The molecule has 1 aliphatic rings. The van der Waals surface area contributed by atoms with Gasteiger partial charge < -0.3 is 19.3 Å². The van der Waals surface area contributed by atoms with Crippen molar-refractivity contribution in [1.82, 2.24) is 9.55 Å². The second kappa shape index (κ2) is 11.5. The number of nitrogens with one attached hydrogen (secondary N) is 1. The number of hydrogen-bond donors (Lipinski definition) is 3. The Hall–Kier alpha value is -3.63. The van der Waals surface area contributed by atoms with Gasteiger partial charge in [0.15, 0.2) is 0 Å². The minimum atomic E-state index is -4.92. The molecule has 3 aromatic carbocycles. The standard InChI is InChI=1S/C29H29N2O8P/c1-20-18-31(28(33)30-27(20)32)26-17-24(39-40(34,35)36)25(38-26)19-37-29(21-11-5-2-6-12-21,22-13-7-3-8-14-22)23-15-9-4-10-16-23/h2-16,18,24-26H,17,19H2,1H3,(H,30,32,33)(H2,34,35,36)/t24-,25+,26+/m0/s1. The van der Waals surface area contributed by atoms with E-state index in [1.54, 1.807) is 6.92 Å². The summed E-state index contributed by atoms with van der Waals surface area (Å²) in [6.45, 7) is 1.40. The van der Waals surface area contributed by atoms with Crippen LogP contribution in [-0.2, 0) is 24.2 Å². The van der Waals surface area contributed by atoms with Gasteiger partial charge in [0.05, 0.1) is 6.61 Å². The van der Waals surface area contributed by atoms with Crippen LogP contribution in [0, 0.1) is 6.92 Å². The lowest BCUT2D eigenvalue weighted by Crippen LogP contribution is -2.38. The van der Waals surface area contributed by atoms with Crippen LogP contribution in [0.2, 0.25) is 0 Å². The zero-order valence-electron chi connectivity index (χ0n) is 21.6. The molecule has 0 amide bonds. The molecule has 4 aromatic rings. The lowest BCUT2D eigenvalue weighted by Gasteiger charge is -2.37. The molecule has 0 unspecified atom stereocenters. The van der Waals surface area contributed by atoms with Gasteiger partial charge in [-0.1, -0.05) is 91.0 Å². The molecule has 3 N–H and O–H groups in total. The highest BCUT2D eigenvalue weighted by atomic mass is 31.2. The number of benzene rings is 3. The maximum Gasteiger partial charge on any atom is 0.469 e. The van der Waals surface area contributed by atoms with Gasteiger partial charge in [0.1, 0.15) is 24.0 Å². The van der Waals surface area contributed by atoms with E-state index in [1.807, 2.05) is 91.0 Å². The maximum atomic E-state index is 12.6. The van der Waals surface area contributed by atoms with Crippen LogP contribution < -0.4 is 11.2 Å². The van der Waals surface area contributed by atoms with E-state index in [0.29, 0.717) is 0 Å². The number of nitrogens with zero attached hydrogens (tertiary/aromatic N) is 1. The van der Waals surface area contributed by atoms with E-state index in [9.17, 15) is 23.9 Å². The molecule has 0 bridgehead atoms. The van der Waals surface area contributed by atoms with Crippen LogP contribution in [-0.4, -0.2) is 38.2 Å². The predicted octanol–water partition coefficient (Wildman–Crippen LogP) is 3.62. The van der Waals surface area contributed by atoms with Crippen molar-refractivity contribution in [2.75, 3.05) is 6.61 Å². The Morgan fingerprint density at radius 2 is 1.43 bits per heavy atom. The van der Waals surface area contributed by atoms with Crippen LogP contribution in [0.4, 0.5) is 0 Å². The number of aryl methyl sites for hydroxylation is 1. The Kier molecular flexibility index (Phi) is 8.00. The van der Waals surface area contributed by atoms with Crippen molar-refractivity contribution in [1.29, 1.82) is 0 Å². The average Bonchev–Trinajstić information content (AvgIpc) is 3.33. The Labute approximate surface area is 230 Å². The lowest BCUT2D eigenvalue weighted by molar-refractivity contribution is -0.0934. The fourth-order valence-corrected chi connectivity index (χ4v) is 5.66. The van der Waals surface area contributed by atoms with E-state index in [-0.39, 0.29) is 18.6 Å². The Bertz CT molecular complexity index is 1510. The van der Waals surface area contributed by atoms with Gasteiger partial charge in [-0.15, -0.1) is 0 Å². The van der Waals surface area contributed by atoms with Crippen LogP contribution in [0.15, 0.2) is 107 Å². The third kappa shape index (κ3) is 5.78. The third-order valence-corrected chi connectivity index (χ3v) is 7.46.